The van der Waals surface area contributed by atoms with Gasteiger partial charge < -0.3 is 9.88 Å². The minimum atomic E-state index is 0.326. The lowest BCUT2D eigenvalue weighted by Gasteiger charge is -2.27. The van der Waals surface area contributed by atoms with Gasteiger partial charge in [-0.15, -0.1) is 0 Å². The van der Waals surface area contributed by atoms with Crippen LogP contribution in [0.1, 0.15) is 26.5 Å². The van der Waals surface area contributed by atoms with Gasteiger partial charge in [-0.3, -0.25) is 4.90 Å². The molecule has 2 rings (SSSR count). The number of aromatic nitrogens is 2. The molecule has 1 aromatic heterocycles. The Bertz CT molecular complexity index is 358. The Morgan fingerprint density at radius 3 is 2.61 bits per heavy atom. The number of nitrogens with zero attached hydrogens (tertiary/aromatic N) is 3. The van der Waals surface area contributed by atoms with Gasteiger partial charge >= 0.3 is 0 Å². The van der Waals surface area contributed by atoms with E-state index in [-0.39, 0.29) is 0 Å². The summed E-state index contributed by atoms with van der Waals surface area (Å²) in [6.07, 6.45) is 5.08. The Hall–Kier alpha value is -0.870. The van der Waals surface area contributed by atoms with Crippen LogP contribution in [0.2, 0.25) is 0 Å². The highest BCUT2D eigenvalue weighted by molar-refractivity contribution is 5.01. The molecule has 0 amide bonds. The lowest BCUT2D eigenvalue weighted by molar-refractivity contribution is 0.231. The third-order valence-electron chi connectivity index (χ3n) is 3.38. The molecule has 1 aliphatic heterocycles. The van der Waals surface area contributed by atoms with Crippen LogP contribution in [0, 0.1) is 5.41 Å². The lowest BCUT2D eigenvalue weighted by atomic mass is 9.91. The van der Waals surface area contributed by atoms with Crippen LogP contribution in [-0.4, -0.2) is 47.2 Å². The molecule has 1 aliphatic rings. The molecule has 1 N–H and O–H groups in total. The van der Waals surface area contributed by atoms with Crippen molar-refractivity contribution in [3.8, 4) is 0 Å². The Morgan fingerprint density at radius 2 is 1.94 bits per heavy atom. The second-order valence-electron chi connectivity index (χ2n) is 6.41. The van der Waals surface area contributed by atoms with Crippen molar-refractivity contribution in [2.24, 2.45) is 5.41 Å². The lowest BCUT2D eigenvalue weighted by Crippen LogP contribution is -2.44. The van der Waals surface area contributed by atoms with Gasteiger partial charge in [0.05, 0.1) is 6.33 Å². The molecule has 2 heterocycles. The number of imidazole rings is 1. The second-order valence-corrected chi connectivity index (χ2v) is 6.41. The van der Waals surface area contributed by atoms with Gasteiger partial charge in [0, 0.05) is 51.2 Å². The van der Waals surface area contributed by atoms with E-state index in [1.165, 1.54) is 18.8 Å². The molecule has 1 saturated heterocycles. The number of rotatable bonds is 4. The van der Waals surface area contributed by atoms with Crippen molar-refractivity contribution in [1.29, 1.82) is 0 Å². The highest BCUT2D eigenvalue weighted by atomic mass is 15.2. The molecule has 18 heavy (non-hydrogen) atoms. The van der Waals surface area contributed by atoms with Crippen LogP contribution in [0.25, 0.3) is 0 Å². The molecular formula is C14H26N4. The average molecular weight is 250 g/mol. The molecule has 4 heteroatoms. The summed E-state index contributed by atoms with van der Waals surface area (Å²) in [4.78, 5) is 6.83. The van der Waals surface area contributed by atoms with E-state index in [0.717, 1.165) is 32.6 Å². The highest BCUT2D eigenvalue weighted by Crippen LogP contribution is 2.20. The second kappa shape index (κ2) is 5.85. The quantitative estimate of drug-likeness (QED) is 0.876. The van der Waals surface area contributed by atoms with Crippen molar-refractivity contribution in [1.82, 2.24) is 19.8 Å². The van der Waals surface area contributed by atoms with Gasteiger partial charge in [-0.25, -0.2) is 4.98 Å². The van der Waals surface area contributed by atoms with Gasteiger partial charge in [-0.1, -0.05) is 20.8 Å². The minimum Gasteiger partial charge on any atom is -0.333 e. The topological polar surface area (TPSA) is 33.1 Å². The van der Waals surface area contributed by atoms with E-state index >= 15 is 0 Å². The third-order valence-corrected chi connectivity index (χ3v) is 3.38. The van der Waals surface area contributed by atoms with E-state index in [1.807, 2.05) is 12.5 Å². The van der Waals surface area contributed by atoms with Crippen LogP contribution < -0.4 is 5.32 Å². The summed E-state index contributed by atoms with van der Waals surface area (Å²) >= 11 is 0. The van der Waals surface area contributed by atoms with E-state index in [2.05, 4.69) is 40.5 Å². The monoisotopic (exact) mass is 250 g/mol. The summed E-state index contributed by atoms with van der Waals surface area (Å²) in [5, 5.41) is 3.39. The van der Waals surface area contributed by atoms with Crippen molar-refractivity contribution in [2.45, 2.75) is 33.7 Å². The van der Waals surface area contributed by atoms with Gasteiger partial charge in [-0.05, 0) is 11.8 Å². The van der Waals surface area contributed by atoms with Crippen LogP contribution in [0.4, 0.5) is 0 Å². The van der Waals surface area contributed by atoms with Crippen molar-refractivity contribution in [3.05, 3.63) is 18.2 Å². The normalized spacial score (nSPS) is 18.2. The maximum Gasteiger partial charge on any atom is 0.0948 e. The molecule has 0 aromatic carbocycles. The molecule has 102 valence electrons. The van der Waals surface area contributed by atoms with E-state index in [1.54, 1.807) is 0 Å². The summed E-state index contributed by atoms with van der Waals surface area (Å²) in [5.41, 5.74) is 1.69. The van der Waals surface area contributed by atoms with Crippen molar-refractivity contribution in [2.75, 3.05) is 32.7 Å². The number of hydrogen-bond acceptors (Lipinski definition) is 3. The molecular weight excluding hydrogens is 224 g/mol. The Balaban J connectivity index is 1.87. The fourth-order valence-corrected chi connectivity index (χ4v) is 2.42. The summed E-state index contributed by atoms with van der Waals surface area (Å²) < 4.78 is 2.31. The first kappa shape index (κ1) is 13.6. The molecule has 4 nitrogen and oxygen atoms in total. The zero-order chi connectivity index (χ0) is 13.0. The molecule has 0 atom stereocenters. The van der Waals surface area contributed by atoms with Crippen LogP contribution in [0.3, 0.4) is 0 Å². The first-order valence-corrected chi connectivity index (χ1v) is 6.97. The zero-order valence-electron chi connectivity index (χ0n) is 11.9. The fraction of sp³-hybridized carbons (Fsp3) is 0.786. The molecule has 1 aromatic rings. The predicted octanol–water partition coefficient (Wildman–Crippen LogP) is 1.38. The number of hydrogen-bond donors (Lipinski definition) is 1. The summed E-state index contributed by atoms with van der Waals surface area (Å²) in [6, 6.07) is 0. The Morgan fingerprint density at radius 1 is 1.22 bits per heavy atom. The van der Waals surface area contributed by atoms with E-state index in [4.69, 9.17) is 0 Å². The summed E-state index contributed by atoms with van der Waals surface area (Å²) in [5.74, 6) is 0. The fourth-order valence-electron chi connectivity index (χ4n) is 2.42. The first-order chi connectivity index (χ1) is 8.54. The van der Waals surface area contributed by atoms with Crippen LogP contribution in [0.5, 0.6) is 0 Å². The van der Waals surface area contributed by atoms with E-state index in [0.29, 0.717) is 5.41 Å². The van der Waals surface area contributed by atoms with Crippen LogP contribution >= 0.6 is 0 Å². The molecule has 0 bridgehead atoms. The first-order valence-electron chi connectivity index (χ1n) is 6.97. The average Bonchev–Trinajstić information content (AvgIpc) is 2.73. The van der Waals surface area contributed by atoms with Crippen LogP contribution in [-0.2, 0) is 13.0 Å². The maximum absolute atomic E-state index is 4.30. The predicted molar refractivity (Wildman–Crippen MR) is 74.7 cm³/mol. The Labute approximate surface area is 110 Å². The van der Waals surface area contributed by atoms with Gasteiger partial charge in [0.1, 0.15) is 0 Å². The van der Waals surface area contributed by atoms with E-state index < -0.39 is 0 Å². The Kier molecular flexibility index (Phi) is 4.40. The molecule has 0 aliphatic carbocycles. The summed E-state index contributed by atoms with van der Waals surface area (Å²) in [6.45, 7) is 13.6. The maximum atomic E-state index is 4.30. The van der Waals surface area contributed by atoms with Crippen molar-refractivity contribution >= 4 is 0 Å². The van der Waals surface area contributed by atoms with Crippen molar-refractivity contribution in [3.63, 3.8) is 0 Å². The molecule has 0 radical (unpaired) electrons. The van der Waals surface area contributed by atoms with Gasteiger partial charge in [-0.2, -0.15) is 0 Å². The SMILES string of the molecule is CC(C)(C)Cc1cncn1CCN1CCNCC1. The van der Waals surface area contributed by atoms with Gasteiger partial charge in [0.2, 0.25) is 0 Å². The molecule has 1 fully saturated rings. The highest BCUT2D eigenvalue weighted by Gasteiger charge is 2.15. The zero-order valence-corrected chi connectivity index (χ0v) is 11.9. The summed E-state index contributed by atoms with van der Waals surface area (Å²) in [7, 11) is 0. The molecule has 0 saturated carbocycles. The minimum absolute atomic E-state index is 0.326. The molecule has 0 spiro atoms. The number of nitrogens with one attached hydrogen (secondary N) is 1. The third kappa shape index (κ3) is 4.10. The molecule has 0 unspecified atom stereocenters. The number of piperazine rings is 1. The van der Waals surface area contributed by atoms with Crippen molar-refractivity contribution < 1.29 is 0 Å². The van der Waals surface area contributed by atoms with Gasteiger partial charge in [0.25, 0.3) is 0 Å². The van der Waals surface area contributed by atoms with Crippen LogP contribution in [0.15, 0.2) is 12.5 Å². The van der Waals surface area contributed by atoms with E-state index in [9.17, 15) is 0 Å². The largest absolute Gasteiger partial charge is 0.333 e. The smallest absolute Gasteiger partial charge is 0.0948 e. The van der Waals surface area contributed by atoms with Gasteiger partial charge in [0.15, 0.2) is 0 Å². The standard InChI is InChI=1S/C14H26N4/c1-14(2,3)10-13-11-16-12-18(13)9-8-17-6-4-15-5-7-17/h11-12,15H,4-10H2,1-3H3.